The third-order valence-corrected chi connectivity index (χ3v) is 4.93. The van der Waals surface area contributed by atoms with E-state index in [9.17, 15) is 8.42 Å². The Morgan fingerprint density at radius 1 is 0.826 bits per heavy atom. The van der Waals surface area contributed by atoms with Gasteiger partial charge in [-0.25, -0.2) is 0 Å². The summed E-state index contributed by atoms with van der Waals surface area (Å²) in [5.41, 5.74) is 3.72. The minimum absolute atomic E-state index is 0.507. The quantitative estimate of drug-likeness (QED) is 0.846. The molecule has 0 saturated heterocycles. The number of nitrogens with zero attached hydrogens (tertiary/aromatic N) is 1. The van der Waals surface area contributed by atoms with Gasteiger partial charge in [0.05, 0.1) is 0 Å². The Labute approximate surface area is 138 Å². The summed E-state index contributed by atoms with van der Waals surface area (Å²) in [6.45, 7) is 4.33. The highest BCUT2D eigenvalue weighted by atomic mass is 32.2. The Kier molecular flexibility index (Phi) is 5.28. The lowest BCUT2D eigenvalue weighted by Gasteiger charge is -2.14. The van der Waals surface area contributed by atoms with Gasteiger partial charge in [0, 0.05) is 31.2 Å². The summed E-state index contributed by atoms with van der Waals surface area (Å²) >= 11 is 0. The first kappa shape index (κ1) is 17.3. The molecule has 6 heteroatoms. The van der Waals surface area contributed by atoms with E-state index < -0.39 is 10.2 Å². The third kappa shape index (κ3) is 4.71. The van der Waals surface area contributed by atoms with Gasteiger partial charge in [0.15, 0.2) is 0 Å². The van der Waals surface area contributed by atoms with E-state index in [4.69, 9.17) is 0 Å². The standard InChI is InChI=1S/C17H23N3O2S/c1-13(2)14-5-7-15(8-6-14)18-16-9-11-17(12-10-16)19-23(21,22)20(3)4/h5-13,18-19H,1-4H3. The highest BCUT2D eigenvalue weighted by molar-refractivity contribution is 7.90. The fourth-order valence-electron chi connectivity index (χ4n) is 1.98. The average molecular weight is 333 g/mol. The van der Waals surface area contributed by atoms with Crippen molar-refractivity contribution in [1.29, 1.82) is 0 Å². The van der Waals surface area contributed by atoms with E-state index in [1.807, 2.05) is 24.3 Å². The SMILES string of the molecule is CC(C)c1ccc(Nc2ccc(NS(=O)(=O)N(C)C)cc2)cc1. The Morgan fingerprint density at radius 3 is 1.70 bits per heavy atom. The lowest BCUT2D eigenvalue weighted by molar-refractivity contribution is 0.527. The summed E-state index contributed by atoms with van der Waals surface area (Å²) in [4.78, 5) is 0. The van der Waals surface area contributed by atoms with Crippen LogP contribution in [0.25, 0.3) is 0 Å². The number of hydrogen-bond acceptors (Lipinski definition) is 3. The predicted octanol–water partition coefficient (Wildman–Crippen LogP) is 3.77. The molecule has 0 atom stereocenters. The maximum Gasteiger partial charge on any atom is 0.301 e. The lowest BCUT2D eigenvalue weighted by atomic mass is 10.0. The maximum absolute atomic E-state index is 11.8. The molecular weight excluding hydrogens is 310 g/mol. The van der Waals surface area contributed by atoms with Crippen LogP contribution < -0.4 is 10.0 Å². The van der Waals surface area contributed by atoms with Gasteiger partial charge in [-0.1, -0.05) is 26.0 Å². The van der Waals surface area contributed by atoms with Gasteiger partial charge in [-0.3, -0.25) is 4.72 Å². The first-order valence-corrected chi connectivity index (χ1v) is 8.89. The van der Waals surface area contributed by atoms with Crippen LogP contribution in [0.15, 0.2) is 48.5 Å². The molecule has 5 nitrogen and oxygen atoms in total. The van der Waals surface area contributed by atoms with Crippen LogP contribution >= 0.6 is 0 Å². The molecular formula is C17H23N3O2S. The summed E-state index contributed by atoms with van der Waals surface area (Å²) in [6.07, 6.45) is 0. The molecule has 0 saturated carbocycles. The molecule has 2 rings (SSSR count). The van der Waals surface area contributed by atoms with Gasteiger partial charge in [-0.15, -0.1) is 0 Å². The molecule has 2 aromatic carbocycles. The second kappa shape index (κ2) is 7.02. The molecule has 2 aromatic rings. The van der Waals surface area contributed by atoms with Crippen molar-refractivity contribution in [3.8, 4) is 0 Å². The molecule has 0 unspecified atom stereocenters. The van der Waals surface area contributed by atoms with E-state index >= 15 is 0 Å². The van der Waals surface area contributed by atoms with Crippen molar-refractivity contribution in [2.45, 2.75) is 19.8 Å². The van der Waals surface area contributed by atoms with Crippen molar-refractivity contribution in [3.63, 3.8) is 0 Å². The number of hydrogen-bond donors (Lipinski definition) is 2. The predicted molar refractivity (Wildman–Crippen MR) is 96.5 cm³/mol. The highest BCUT2D eigenvalue weighted by Gasteiger charge is 2.12. The van der Waals surface area contributed by atoms with Crippen LogP contribution in [0, 0.1) is 0 Å². The molecule has 23 heavy (non-hydrogen) atoms. The number of benzene rings is 2. The second-order valence-corrected chi connectivity index (χ2v) is 7.75. The van der Waals surface area contributed by atoms with Crippen molar-refractivity contribution in [2.75, 3.05) is 24.1 Å². The van der Waals surface area contributed by atoms with Crippen LogP contribution in [0.4, 0.5) is 17.1 Å². The van der Waals surface area contributed by atoms with Crippen LogP contribution in [0.5, 0.6) is 0 Å². The second-order valence-electron chi connectivity index (χ2n) is 5.87. The van der Waals surface area contributed by atoms with Crippen molar-refractivity contribution in [2.24, 2.45) is 0 Å². The first-order valence-electron chi connectivity index (χ1n) is 7.45. The summed E-state index contributed by atoms with van der Waals surface area (Å²) in [6, 6.07) is 15.4. The Hall–Kier alpha value is -2.05. The molecule has 0 aliphatic carbocycles. The van der Waals surface area contributed by atoms with Crippen LogP contribution in [-0.2, 0) is 10.2 Å². The summed E-state index contributed by atoms with van der Waals surface area (Å²) < 4.78 is 27.2. The fourth-order valence-corrected chi connectivity index (χ4v) is 2.60. The molecule has 0 bridgehead atoms. The zero-order valence-corrected chi connectivity index (χ0v) is 14.7. The number of anilines is 3. The topological polar surface area (TPSA) is 61.4 Å². The van der Waals surface area contributed by atoms with E-state index in [-0.39, 0.29) is 0 Å². The van der Waals surface area contributed by atoms with Gasteiger partial charge in [0.1, 0.15) is 0 Å². The van der Waals surface area contributed by atoms with Gasteiger partial charge in [-0.05, 0) is 47.9 Å². The first-order chi connectivity index (χ1) is 10.8. The molecule has 0 aromatic heterocycles. The lowest BCUT2D eigenvalue weighted by Crippen LogP contribution is -2.28. The molecule has 0 fully saturated rings. The molecule has 0 radical (unpaired) electrons. The minimum Gasteiger partial charge on any atom is -0.356 e. The van der Waals surface area contributed by atoms with Crippen LogP contribution in [0.2, 0.25) is 0 Å². The molecule has 0 heterocycles. The molecule has 0 amide bonds. The average Bonchev–Trinajstić information content (AvgIpc) is 2.49. The van der Waals surface area contributed by atoms with Crippen LogP contribution in [0.1, 0.15) is 25.3 Å². The third-order valence-electron chi connectivity index (χ3n) is 3.48. The molecule has 2 N–H and O–H groups in total. The van der Waals surface area contributed by atoms with Crippen molar-refractivity contribution >= 4 is 27.3 Å². The van der Waals surface area contributed by atoms with E-state index in [1.165, 1.54) is 19.7 Å². The fraction of sp³-hybridized carbons (Fsp3) is 0.294. The Balaban J connectivity index is 2.05. The van der Waals surface area contributed by atoms with Gasteiger partial charge in [0.25, 0.3) is 0 Å². The summed E-state index contributed by atoms with van der Waals surface area (Å²) in [5, 5.41) is 3.30. The maximum atomic E-state index is 11.8. The van der Waals surface area contributed by atoms with Gasteiger partial charge in [0.2, 0.25) is 0 Å². The molecule has 0 aliphatic rings. The van der Waals surface area contributed by atoms with Crippen LogP contribution in [-0.4, -0.2) is 26.8 Å². The van der Waals surface area contributed by atoms with E-state index in [2.05, 4.69) is 36.0 Å². The molecule has 124 valence electrons. The van der Waals surface area contributed by atoms with E-state index in [0.29, 0.717) is 11.6 Å². The monoisotopic (exact) mass is 333 g/mol. The van der Waals surface area contributed by atoms with Gasteiger partial charge in [-0.2, -0.15) is 12.7 Å². The summed E-state index contributed by atoms with van der Waals surface area (Å²) in [5.74, 6) is 0.507. The smallest absolute Gasteiger partial charge is 0.301 e. The highest BCUT2D eigenvalue weighted by Crippen LogP contribution is 2.22. The van der Waals surface area contributed by atoms with Crippen LogP contribution in [0.3, 0.4) is 0 Å². The number of nitrogens with one attached hydrogen (secondary N) is 2. The number of rotatable bonds is 6. The van der Waals surface area contributed by atoms with E-state index in [0.717, 1.165) is 15.7 Å². The Morgan fingerprint density at radius 2 is 1.26 bits per heavy atom. The van der Waals surface area contributed by atoms with E-state index in [1.54, 1.807) is 12.1 Å². The summed E-state index contributed by atoms with van der Waals surface area (Å²) in [7, 11) is -0.503. The van der Waals surface area contributed by atoms with Crippen molar-refractivity contribution in [3.05, 3.63) is 54.1 Å². The van der Waals surface area contributed by atoms with Crippen molar-refractivity contribution < 1.29 is 8.42 Å². The zero-order valence-electron chi connectivity index (χ0n) is 13.9. The largest absolute Gasteiger partial charge is 0.356 e. The van der Waals surface area contributed by atoms with Gasteiger partial charge < -0.3 is 5.32 Å². The molecule has 0 spiro atoms. The molecule has 0 aliphatic heterocycles. The zero-order chi connectivity index (χ0) is 17.0. The Bertz CT molecular complexity index is 736. The normalized spacial score (nSPS) is 11.7. The minimum atomic E-state index is -3.47. The van der Waals surface area contributed by atoms with Crippen molar-refractivity contribution in [1.82, 2.24) is 4.31 Å². The van der Waals surface area contributed by atoms with Gasteiger partial charge >= 0.3 is 10.2 Å².